The highest BCUT2D eigenvalue weighted by Gasteiger charge is 2.24. The lowest BCUT2D eigenvalue weighted by atomic mass is 9.87. The minimum Gasteiger partial charge on any atom is -0.0695 e. The minimum absolute atomic E-state index is 0.0382. The lowest BCUT2D eigenvalue weighted by molar-refractivity contribution is 0.590. The first-order valence-corrected chi connectivity index (χ1v) is 10.2. The van der Waals surface area contributed by atoms with Crippen LogP contribution < -0.4 is 5.30 Å². The first kappa shape index (κ1) is 18.7. The Balaban J connectivity index is 3.02. The van der Waals surface area contributed by atoms with E-state index in [1.54, 1.807) is 5.30 Å². The van der Waals surface area contributed by atoms with Crippen LogP contribution in [0.1, 0.15) is 79.7 Å². The SMILES string of the molecule is CCCC(C)P(c1ccc(C(C)(C)C)cc1)C(C)CCC. The summed E-state index contributed by atoms with van der Waals surface area (Å²) in [7, 11) is -0.0382. The standard InChI is InChI=1S/C20H35P/c1-8-10-16(3)21(17(4)11-9-2)19-14-12-18(13-15-19)20(5,6)7/h12-17H,8-11H2,1-7H3. The molecule has 1 aromatic carbocycles. The molecule has 0 N–H and O–H groups in total. The van der Waals surface area contributed by atoms with Crippen LogP contribution in [-0.4, -0.2) is 11.3 Å². The van der Waals surface area contributed by atoms with Crippen molar-refractivity contribution in [3.8, 4) is 0 Å². The van der Waals surface area contributed by atoms with Crippen LogP contribution >= 0.6 is 7.92 Å². The van der Waals surface area contributed by atoms with Crippen molar-refractivity contribution in [3.05, 3.63) is 29.8 Å². The Kier molecular flexibility index (Phi) is 7.41. The maximum Gasteiger partial charge on any atom is -0.0132 e. The molecule has 0 radical (unpaired) electrons. The summed E-state index contributed by atoms with van der Waals surface area (Å²) in [4.78, 5) is 0. The van der Waals surface area contributed by atoms with Crippen molar-refractivity contribution >= 4 is 13.2 Å². The van der Waals surface area contributed by atoms with E-state index in [2.05, 4.69) is 72.7 Å². The molecule has 2 atom stereocenters. The predicted molar refractivity (Wildman–Crippen MR) is 100 cm³/mol. The van der Waals surface area contributed by atoms with Gasteiger partial charge in [0.25, 0.3) is 0 Å². The van der Waals surface area contributed by atoms with Crippen LogP contribution in [-0.2, 0) is 5.41 Å². The second kappa shape index (κ2) is 8.33. The van der Waals surface area contributed by atoms with Gasteiger partial charge in [-0.25, -0.2) is 0 Å². The van der Waals surface area contributed by atoms with Crippen molar-refractivity contribution < 1.29 is 0 Å². The molecule has 0 aliphatic heterocycles. The highest BCUT2D eigenvalue weighted by atomic mass is 31.1. The van der Waals surface area contributed by atoms with Crippen LogP contribution in [0.15, 0.2) is 24.3 Å². The molecule has 0 heterocycles. The maximum atomic E-state index is 2.47. The quantitative estimate of drug-likeness (QED) is 0.506. The zero-order valence-electron chi connectivity index (χ0n) is 15.2. The number of hydrogen-bond acceptors (Lipinski definition) is 0. The van der Waals surface area contributed by atoms with Gasteiger partial charge in [0.15, 0.2) is 0 Å². The monoisotopic (exact) mass is 306 g/mol. The zero-order chi connectivity index (χ0) is 16.0. The molecule has 0 saturated heterocycles. The van der Waals surface area contributed by atoms with Gasteiger partial charge in [-0.1, -0.05) is 93.5 Å². The summed E-state index contributed by atoms with van der Waals surface area (Å²) in [5, 5.41) is 1.61. The normalized spacial score (nSPS) is 16.5. The van der Waals surface area contributed by atoms with Gasteiger partial charge in [-0.15, -0.1) is 0 Å². The molecule has 0 fully saturated rings. The number of hydrogen-bond donors (Lipinski definition) is 0. The molecule has 0 aliphatic carbocycles. The summed E-state index contributed by atoms with van der Waals surface area (Å²) in [5.74, 6) is 0. The van der Waals surface area contributed by atoms with Gasteiger partial charge in [-0.3, -0.25) is 0 Å². The summed E-state index contributed by atoms with van der Waals surface area (Å²) in [6, 6.07) is 9.57. The third-order valence-electron chi connectivity index (χ3n) is 4.39. The molecule has 1 heteroatoms. The van der Waals surface area contributed by atoms with E-state index in [1.807, 2.05) is 0 Å². The molecule has 0 aromatic heterocycles. The van der Waals surface area contributed by atoms with E-state index in [9.17, 15) is 0 Å². The summed E-state index contributed by atoms with van der Waals surface area (Å²) in [5.41, 5.74) is 3.39. The minimum atomic E-state index is -0.0382. The van der Waals surface area contributed by atoms with Crippen molar-refractivity contribution in [1.29, 1.82) is 0 Å². The topological polar surface area (TPSA) is 0 Å². The lowest BCUT2D eigenvalue weighted by Gasteiger charge is -2.31. The Morgan fingerprint density at radius 2 is 1.29 bits per heavy atom. The predicted octanol–water partition coefficient (Wildman–Crippen LogP) is 6.47. The Morgan fingerprint density at radius 1 is 0.857 bits per heavy atom. The van der Waals surface area contributed by atoms with E-state index in [1.165, 1.54) is 31.2 Å². The fourth-order valence-electron chi connectivity index (χ4n) is 3.19. The van der Waals surface area contributed by atoms with Crippen LogP contribution in [0.25, 0.3) is 0 Å². The van der Waals surface area contributed by atoms with Gasteiger partial charge >= 0.3 is 0 Å². The molecule has 0 spiro atoms. The van der Waals surface area contributed by atoms with E-state index < -0.39 is 0 Å². The molecule has 0 nitrogen and oxygen atoms in total. The molecule has 0 aliphatic rings. The second-order valence-electron chi connectivity index (χ2n) is 7.48. The zero-order valence-corrected chi connectivity index (χ0v) is 16.1. The van der Waals surface area contributed by atoms with E-state index in [4.69, 9.17) is 0 Å². The van der Waals surface area contributed by atoms with Crippen LogP contribution in [0.5, 0.6) is 0 Å². The Morgan fingerprint density at radius 3 is 1.62 bits per heavy atom. The molecule has 0 saturated carbocycles. The summed E-state index contributed by atoms with van der Waals surface area (Å²) >= 11 is 0. The molecule has 1 rings (SSSR count). The van der Waals surface area contributed by atoms with Gasteiger partial charge in [0.05, 0.1) is 0 Å². The van der Waals surface area contributed by atoms with Gasteiger partial charge in [0.1, 0.15) is 0 Å². The molecular formula is C20H35P. The van der Waals surface area contributed by atoms with E-state index in [0.29, 0.717) is 0 Å². The molecular weight excluding hydrogens is 271 g/mol. The first-order chi connectivity index (χ1) is 9.81. The van der Waals surface area contributed by atoms with Gasteiger partial charge in [0, 0.05) is 0 Å². The Labute approximate surface area is 134 Å². The number of benzene rings is 1. The van der Waals surface area contributed by atoms with Crippen LogP contribution in [0.4, 0.5) is 0 Å². The van der Waals surface area contributed by atoms with Crippen LogP contribution in [0, 0.1) is 0 Å². The van der Waals surface area contributed by atoms with Crippen LogP contribution in [0.3, 0.4) is 0 Å². The maximum absolute atomic E-state index is 2.47. The van der Waals surface area contributed by atoms with Crippen LogP contribution in [0.2, 0.25) is 0 Å². The molecule has 0 amide bonds. The van der Waals surface area contributed by atoms with Crippen molar-refractivity contribution in [2.45, 2.75) is 90.9 Å². The molecule has 0 bridgehead atoms. The number of rotatable bonds is 7. The summed E-state index contributed by atoms with van der Waals surface area (Å²) in [6.45, 7) is 16.5. The molecule has 21 heavy (non-hydrogen) atoms. The average Bonchev–Trinajstić information content (AvgIpc) is 2.39. The fraction of sp³-hybridized carbons (Fsp3) is 0.700. The summed E-state index contributed by atoms with van der Waals surface area (Å²) in [6.07, 6.45) is 5.33. The van der Waals surface area contributed by atoms with E-state index in [0.717, 1.165) is 11.3 Å². The molecule has 120 valence electrons. The van der Waals surface area contributed by atoms with Crippen molar-refractivity contribution in [2.75, 3.05) is 0 Å². The first-order valence-electron chi connectivity index (χ1n) is 8.70. The van der Waals surface area contributed by atoms with Crippen molar-refractivity contribution in [2.24, 2.45) is 0 Å². The lowest BCUT2D eigenvalue weighted by Crippen LogP contribution is -2.20. The highest BCUT2D eigenvalue weighted by molar-refractivity contribution is 7.66. The fourth-order valence-corrected chi connectivity index (χ4v) is 6.64. The Bertz CT molecular complexity index is 387. The van der Waals surface area contributed by atoms with Gasteiger partial charge in [0.2, 0.25) is 0 Å². The molecule has 1 aromatic rings. The Hall–Kier alpha value is -0.350. The third-order valence-corrected chi connectivity index (χ3v) is 7.70. The van der Waals surface area contributed by atoms with Gasteiger partial charge in [-0.05, 0) is 40.4 Å². The van der Waals surface area contributed by atoms with E-state index in [-0.39, 0.29) is 13.3 Å². The van der Waals surface area contributed by atoms with Gasteiger partial charge < -0.3 is 0 Å². The van der Waals surface area contributed by atoms with E-state index >= 15 is 0 Å². The largest absolute Gasteiger partial charge is 0.0695 e. The van der Waals surface area contributed by atoms with Gasteiger partial charge in [-0.2, -0.15) is 0 Å². The second-order valence-corrected chi connectivity index (χ2v) is 10.6. The highest BCUT2D eigenvalue weighted by Crippen LogP contribution is 2.48. The molecule has 2 unspecified atom stereocenters. The summed E-state index contributed by atoms with van der Waals surface area (Å²) < 4.78 is 0. The van der Waals surface area contributed by atoms with Crippen molar-refractivity contribution in [1.82, 2.24) is 0 Å². The smallest absolute Gasteiger partial charge is 0.0132 e. The van der Waals surface area contributed by atoms with Crippen molar-refractivity contribution in [3.63, 3.8) is 0 Å². The average molecular weight is 306 g/mol. The third kappa shape index (κ3) is 5.41.